The second kappa shape index (κ2) is 6.27. The van der Waals surface area contributed by atoms with Crippen molar-refractivity contribution in [2.75, 3.05) is 12.9 Å². The molecule has 0 bridgehead atoms. The summed E-state index contributed by atoms with van der Waals surface area (Å²) in [5.41, 5.74) is -0.539. The maximum Gasteiger partial charge on any atom is 0.408 e. The summed E-state index contributed by atoms with van der Waals surface area (Å²) in [7, 11) is 1.34. The highest BCUT2D eigenvalue weighted by atomic mass is 32.2. The van der Waals surface area contributed by atoms with Crippen molar-refractivity contribution in [1.82, 2.24) is 5.32 Å². The largest absolute Gasteiger partial charge is 0.467 e. The summed E-state index contributed by atoms with van der Waals surface area (Å²) < 4.78 is 9.80. The second-order valence-corrected chi connectivity index (χ2v) is 6.23. The fraction of sp³-hybridized carbons (Fsp3) is 0.750. The van der Waals surface area contributed by atoms with Gasteiger partial charge >= 0.3 is 12.1 Å². The van der Waals surface area contributed by atoms with E-state index < -0.39 is 17.7 Å². The maximum absolute atomic E-state index is 11.6. The number of carbonyl (C=O) groups excluding carboxylic acids is 2. The van der Waals surface area contributed by atoms with E-state index in [9.17, 15) is 9.59 Å². The number of aliphatic imine (C=N–C) groups is 1. The standard InChI is InChI=1S/C12H20N2O4S/c1-7(13-11(16)18-12(2,3)4)9-14-8(6-19-9)10(15)17-5/h7-8H,6H2,1-5H3,(H,13,16)/t7-,8+/m0/s1. The van der Waals surface area contributed by atoms with E-state index in [2.05, 4.69) is 15.0 Å². The van der Waals surface area contributed by atoms with Crippen molar-refractivity contribution >= 4 is 28.9 Å². The molecule has 0 spiro atoms. The third-order valence-electron chi connectivity index (χ3n) is 2.25. The van der Waals surface area contributed by atoms with Gasteiger partial charge in [0.2, 0.25) is 0 Å². The molecule has 0 fully saturated rings. The number of hydrogen-bond acceptors (Lipinski definition) is 6. The molecule has 7 heteroatoms. The van der Waals surface area contributed by atoms with Crippen LogP contribution in [0.15, 0.2) is 4.99 Å². The van der Waals surface area contributed by atoms with E-state index in [0.29, 0.717) is 10.8 Å². The summed E-state index contributed by atoms with van der Waals surface area (Å²) >= 11 is 1.44. The lowest BCUT2D eigenvalue weighted by Crippen LogP contribution is -2.40. The molecule has 1 N–H and O–H groups in total. The summed E-state index contributed by atoms with van der Waals surface area (Å²) in [5, 5.41) is 3.40. The van der Waals surface area contributed by atoms with E-state index in [1.807, 2.05) is 0 Å². The molecule has 0 unspecified atom stereocenters. The zero-order valence-electron chi connectivity index (χ0n) is 11.9. The molecule has 0 aromatic rings. The number of rotatable bonds is 3. The number of thioether (sulfide) groups is 1. The Morgan fingerprint density at radius 3 is 2.63 bits per heavy atom. The van der Waals surface area contributed by atoms with Crippen molar-refractivity contribution in [3.63, 3.8) is 0 Å². The van der Waals surface area contributed by atoms with Gasteiger partial charge in [0, 0.05) is 5.75 Å². The predicted molar refractivity (Wildman–Crippen MR) is 74.5 cm³/mol. The minimum Gasteiger partial charge on any atom is -0.467 e. The molecule has 0 saturated heterocycles. The average molecular weight is 288 g/mol. The lowest BCUT2D eigenvalue weighted by molar-refractivity contribution is -0.141. The first kappa shape index (κ1) is 15.8. The van der Waals surface area contributed by atoms with Gasteiger partial charge in [-0.2, -0.15) is 0 Å². The fourth-order valence-electron chi connectivity index (χ4n) is 1.43. The molecule has 19 heavy (non-hydrogen) atoms. The van der Waals surface area contributed by atoms with Gasteiger partial charge in [0.1, 0.15) is 5.60 Å². The first-order chi connectivity index (χ1) is 8.73. The van der Waals surface area contributed by atoms with Crippen LogP contribution in [-0.2, 0) is 14.3 Å². The summed E-state index contributed by atoms with van der Waals surface area (Å²) in [5.74, 6) is 0.189. The first-order valence-electron chi connectivity index (χ1n) is 6.01. The van der Waals surface area contributed by atoms with Gasteiger partial charge in [0.05, 0.1) is 18.2 Å². The topological polar surface area (TPSA) is 77.0 Å². The van der Waals surface area contributed by atoms with Gasteiger partial charge in [0.25, 0.3) is 0 Å². The molecule has 0 aliphatic carbocycles. The minimum atomic E-state index is -0.539. The highest BCUT2D eigenvalue weighted by molar-refractivity contribution is 8.14. The molecule has 0 aromatic heterocycles. The molecule has 2 atom stereocenters. The Labute approximate surface area is 117 Å². The molecule has 108 valence electrons. The second-order valence-electron chi connectivity index (χ2n) is 5.19. The Hall–Kier alpha value is -1.24. The number of ether oxygens (including phenoxy) is 2. The first-order valence-corrected chi connectivity index (χ1v) is 6.99. The van der Waals surface area contributed by atoms with Gasteiger partial charge < -0.3 is 14.8 Å². The summed E-state index contributed by atoms with van der Waals surface area (Å²) in [6.45, 7) is 7.19. The predicted octanol–water partition coefficient (Wildman–Crippen LogP) is 1.59. The van der Waals surface area contributed by atoms with Crippen molar-refractivity contribution in [1.29, 1.82) is 0 Å². The van der Waals surface area contributed by atoms with Crippen molar-refractivity contribution < 1.29 is 19.1 Å². The van der Waals surface area contributed by atoms with Crippen molar-refractivity contribution in [3.05, 3.63) is 0 Å². The number of carbonyl (C=O) groups is 2. The van der Waals surface area contributed by atoms with Gasteiger partial charge in [-0.3, -0.25) is 4.99 Å². The molecule has 1 aliphatic heterocycles. The molecule has 1 aliphatic rings. The van der Waals surface area contributed by atoms with Crippen LogP contribution < -0.4 is 5.32 Å². The van der Waals surface area contributed by atoms with E-state index in [4.69, 9.17) is 4.74 Å². The van der Waals surface area contributed by atoms with Crippen LogP contribution in [0.1, 0.15) is 27.7 Å². The lowest BCUT2D eigenvalue weighted by atomic mass is 10.2. The Morgan fingerprint density at radius 1 is 1.47 bits per heavy atom. The number of hydrogen-bond donors (Lipinski definition) is 1. The van der Waals surface area contributed by atoms with Gasteiger partial charge in [-0.25, -0.2) is 9.59 Å². The zero-order valence-corrected chi connectivity index (χ0v) is 12.7. The highest BCUT2D eigenvalue weighted by Gasteiger charge is 2.29. The summed E-state index contributed by atoms with van der Waals surface area (Å²) in [6, 6.07) is -0.762. The molecule has 6 nitrogen and oxygen atoms in total. The van der Waals surface area contributed by atoms with Crippen LogP contribution in [0.2, 0.25) is 0 Å². The average Bonchev–Trinajstić information content (AvgIpc) is 2.74. The van der Waals surface area contributed by atoms with Gasteiger partial charge in [-0.1, -0.05) is 0 Å². The Bertz CT molecular complexity index is 390. The monoisotopic (exact) mass is 288 g/mol. The van der Waals surface area contributed by atoms with Crippen molar-refractivity contribution in [2.45, 2.75) is 45.4 Å². The van der Waals surface area contributed by atoms with E-state index in [1.165, 1.54) is 18.9 Å². The molecule has 0 saturated carbocycles. The molecule has 0 radical (unpaired) electrons. The SMILES string of the molecule is COC(=O)[C@H]1CSC([C@H](C)NC(=O)OC(C)(C)C)=N1. The molecular formula is C12H20N2O4S. The van der Waals surface area contributed by atoms with E-state index in [0.717, 1.165) is 0 Å². The van der Waals surface area contributed by atoms with Gasteiger partial charge in [0.15, 0.2) is 6.04 Å². The smallest absolute Gasteiger partial charge is 0.408 e. The number of amides is 1. The molecule has 0 aromatic carbocycles. The van der Waals surface area contributed by atoms with Crippen LogP contribution in [0, 0.1) is 0 Å². The van der Waals surface area contributed by atoms with Crippen LogP contribution in [0.5, 0.6) is 0 Å². The molecule has 1 heterocycles. The van der Waals surface area contributed by atoms with Crippen LogP contribution in [0.4, 0.5) is 4.79 Å². The molecule has 1 amide bonds. The van der Waals surface area contributed by atoms with Crippen LogP contribution in [0.3, 0.4) is 0 Å². The summed E-state index contributed by atoms with van der Waals surface area (Å²) in [4.78, 5) is 27.2. The van der Waals surface area contributed by atoms with Gasteiger partial charge in [-0.15, -0.1) is 11.8 Å². The summed E-state index contributed by atoms with van der Waals surface area (Å²) in [6.07, 6.45) is -0.496. The number of nitrogens with zero attached hydrogens (tertiary/aromatic N) is 1. The van der Waals surface area contributed by atoms with Crippen molar-refractivity contribution in [3.8, 4) is 0 Å². The Balaban J connectivity index is 2.53. The molecular weight excluding hydrogens is 268 g/mol. The maximum atomic E-state index is 11.6. The highest BCUT2D eigenvalue weighted by Crippen LogP contribution is 2.21. The Morgan fingerprint density at radius 2 is 2.11 bits per heavy atom. The number of nitrogens with one attached hydrogen (secondary N) is 1. The van der Waals surface area contributed by atoms with Crippen molar-refractivity contribution in [2.24, 2.45) is 4.99 Å². The zero-order chi connectivity index (χ0) is 14.6. The third-order valence-corrected chi connectivity index (χ3v) is 3.49. The number of alkyl carbamates (subject to hydrolysis) is 1. The fourth-order valence-corrected chi connectivity index (χ4v) is 2.48. The lowest BCUT2D eigenvalue weighted by Gasteiger charge is -2.21. The third kappa shape index (κ3) is 5.10. The van der Waals surface area contributed by atoms with Crippen LogP contribution in [-0.4, -0.2) is 47.7 Å². The van der Waals surface area contributed by atoms with Crippen LogP contribution >= 0.6 is 11.8 Å². The van der Waals surface area contributed by atoms with Gasteiger partial charge in [-0.05, 0) is 27.7 Å². The number of esters is 1. The minimum absolute atomic E-state index is 0.283. The molecule has 1 rings (SSSR count). The van der Waals surface area contributed by atoms with Crippen LogP contribution in [0.25, 0.3) is 0 Å². The Kier molecular flexibility index (Phi) is 5.22. The van der Waals surface area contributed by atoms with E-state index >= 15 is 0 Å². The van der Waals surface area contributed by atoms with E-state index in [-0.39, 0.29) is 12.0 Å². The normalized spacial score (nSPS) is 20.5. The number of methoxy groups -OCH3 is 1. The quantitative estimate of drug-likeness (QED) is 0.798. The van der Waals surface area contributed by atoms with E-state index in [1.54, 1.807) is 27.7 Å².